The van der Waals surface area contributed by atoms with E-state index in [0.29, 0.717) is 0 Å². The number of carbonyl (C=O) groups excluding carboxylic acids is 2. The van der Waals surface area contributed by atoms with Gasteiger partial charge in [0.2, 0.25) is 0 Å². The Morgan fingerprint density at radius 3 is 1.86 bits per heavy atom. The van der Waals surface area contributed by atoms with E-state index in [2.05, 4.69) is 0 Å². The first kappa shape index (κ1) is 8.62. The van der Waals surface area contributed by atoms with Crippen molar-refractivity contribution in [2.24, 2.45) is 5.92 Å². The highest BCUT2D eigenvalue weighted by molar-refractivity contribution is 6.34. The molecule has 0 saturated heterocycles. The molecule has 0 amide bonds. The summed E-state index contributed by atoms with van der Waals surface area (Å²) in [6, 6.07) is 6.15. The summed E-state index contributed by atoms with van der Waals surface area (Å²) in [4.78, 5) is 33.5. The Morgan fingerprint density at radius 1 is 1.07 bits per heavy atom. The molecule has 0 aliphatic heterocycles. The number of aliphatic carboxylic acids is 1. The van der Waals surface area contributed by atoms with Crippen LogP contribution in [0, 0.1) is 5.92 Å². The number of benzene rings is 1. The molecule has 0 radical (unpaired) electrons. The molecule has 0 atom stereocenters. The largest absolute Gasteiger partial charge is 0.480 e. The van der Waals surface area contributed by atoms with Crippen LogP contribution in [-0.4, -0.2) is 22.6 Å². The summed E-state index contributed by atoms with van der Waals surface area (Å²) in [5.74, 6) is -4.14. The van der Waals surface area contributed by atoms with Gasteiger partial charge in [-0.3, -0.25) is 14.4 Å². The van der Waals surface area contributed by atoms with Crippen molar-refractivity contribution < 1.29 is 19.5 Å². The molecule has 1 N–H and O–H groups in total. The number of hydrogen-bond donors (Lipinski definition) is 1. The Kier molecular flexibility index (Phi) is 1.70. The minimum Gasteiger partial charge on any atom is -0.480 e. The number of carbonyl (C=O) groups is 3. The third-order valence-corrected chi connectivity index (χ3v) is 2.23. The van der Waals surface area contributed by atoms with Crippen LogP contribution in [0.2, 0.25) is 0 Å². The van der Waals surface area contributed by atoms with E-state index in [1.165, 1.54) is 12.1 Å². The Hall–Kier alpha value is -1.97. The van der Waals surface area contributed by atoms with Gasteiger partial charge in [-0.15, -0.1) is 0 Å². The number of carboxylic acids is 1. The number of carboxylic acid groups (broad SMARTS) is 1. The van der Waals surface area contributed by atoms with Crippen LogP contribution >= 0.6 is 0 Å². The lowest BCUT2D eigenvalue weighted by Crippen LogP contribution is -2.24. The minimum atomic E-state index is -1.53. The number of fused-ring (bicyclic) bond motifs is 1. The van der Waals surface area contributed by atoms with Crippen molar-refractivity contribution in [1.82, 2.24) is 0 Å². The summed E-state index contributed by atoms with van der Waals surface area (Å²) in [5.41, 5.74) is 0.426. The predicted molar refractivity (Wildman–Crippen MR) is 46.2 cm³/mol. The summed E-state index contributed by atoms with van der Waals surface area (Å²) < 4.78 is 0. The second kappa shape index (κ2) is 2.77. The average molecular weight is 190 g/mol. The van der Waals surface area contributed by atoms with Crippen molar-refractivity contribution in [3.63, 3.8) is 0 Å². The van der Waals surface area contributed by atoms with E-state index < -0.39 is 23.5 Å². The summed E-state index contributed by atoms with van der Waals surface area (Å²) in [5, 5.41) is 8.68. The van der Waals surface area contributed by atoms with E-state index in [9.17, 15) is 14.4 Å². The van der Waals surface area contributed by atoms with Crippen LogP contribution in [0.4, 0.5) is 0 Å². The summed E-state index contributed by atoms with van der Waals surface area (Å²) in [6.45, 7) is 0. The average Bonchev–Trinajstić information content (AvgIpc) is 2.41. The monoisotopic (exact) mass is 190 g/mol. The van der Waals surface area contributed by atoms with Gasteiger partial charge in [0.05, 0.1) is 0 Å². The fourth-order valence-electron chi connectivity index (χ4n) is 1.57. The molecule has 1 aliphatic carbocycles. The van der Waals surface area contributed by atoms with Gasteiger partial charge in [-0.2, -0.15) is 0 Å². The van der Waals surface area contributed by atoms with Gasteiger partial charge in [-0.05, 0) is 0 Å². The fraction of sp³-hybridized carbons (Fsp3) is 0.100. The molecular formula is C10H6O4. The van der Waals surface area contributed by atoms with Crippen molar-refractivity contribution in [3.8, 4) is 0 Å². The second-order valence-electron chi connectivity index (χ2n) is 3.05. The van der Waals surface area contributed by atoms with Crippen molar-refractivity contribution >= 4 is 17.5 Å². The third kappa shape index (κ3) is 0.970. The van der Waals surface area contributed by atoms with Crippen LogP contribution in [0.1, 0.15) is 20.7 Å². The van der Waals surface area contributed by atoms with E-state index in [4.69, 9.17) is 5.11 Å². The molecule has 70 valence electrons. The van der Waals surface area contributed by atoms with Crippen LogP contribution < -0.4 is 0 Å². The predicted octanol–water partition coefficient (Wildman–Crippen LogP) is 0.766. The first-order chi connectivity index (χ1) is 6.63. The number of ketones is 2. The topological polar surface area (TPSA) is 71.4 Å². The van der Waals surface area contributed by atoms with E-state index >= 15 is 0 Å². The normalized spacial score (nSPS) is 15.7. The lowest BCUT2D eigenvalue weighted by atomic mass is 10.1. The first-order valence-corrected chi connectivity index (χ1v) is 4.03. The van der Waals surface area contributed by atoms with Gasteiger partial charge >= 0.3 is 5.97 Å². The smallest absolute Gasteiger partial charge is 0.322 e. The molecule has 0 spiro atoms. The highest BCUT2D eigenvalue weighted by atomic mass is 16.4. The molecule has 0 fully saturated rings. The summed E-state index contributed by atoms with van der Waals surface area (Å²) in [7, 11) is 0. The molecule has 14 heavy (non-hydrogen) atoms. The lowest BCUT2D eigenvalue weighted by molar-refractivity contribution is -0.138. The maximum Gasteiger partial charge on any atom is 0.322 e. The molecule has 0 unspecified atom stereocenters. The zero-order chi connectivity index (χ0) is 10.3. The Labute approximate surface area is 79.2 Å². The van der Waals surface area contributed by atoms with Crippen LogP contribution in [0.15, 0.2) is 24.3 Å². The minimum absolute atomic E-state index is 0.213. The van der Waals surface area contributed by atoms with Crippen molar-refractivity contribution in [2.45, 2.75) is 0 Å². The van der Waals surface area contributed by atoms with Gasteiger partial charge in [0, 0.05) is 11.1 Å². The van der Waals surface area contributed by atoms with E-state index in [-0.39, 0.29) is 11.1 Å². The standard InChI is InChI=1S/C10H6O4/c11-8-5-3-1-2-4-6(5)9(12)7(8)10(13)14/h1-4,7H,(H,13,14). The van der Waals surface area contributed by atoms with Crippen molar-refractivity contribution in [2.75, 3.05) is 0 Å². The Bertz CT molecular complexity index is 412. The van der Waals surface area contributed by atoms with Crippen molar-refractivity contribution in [1.29, 1.82) is 0 Å². The maximum atomic E-state index is 11.4. The molecule has 1 aromatic rings. The molecule has 4 heteroatoms. The zero-order valence-corrected chi connectivity index (χ0v) is 7.06. The summed E-state index contributed by atoms with van der Waals surface area (Å²) >= 11 is 0. The van der Waals surface area contributed by atoms with Gasteiger partial charge in [0.25, 0.3) is 0 Å². The Morgan fingerprint density at radius 2 is 1.50 bits per heavy atom. The molecule has 0 heterocycles. The van der Waals surface area contributed by atoms with Gasteiger partial charge < -0.3 is 5.11 Å². The lowest BCUT2D eigenvalue weighted by Gasteiger charge is -1.96. The van der Waals surface area contributed by atoms with Gasteiger partial charge in [0.15, 0.2) is 17.5 Å². The quantitative estimate of drug-likeness (QED) is 0.664. The number of rotatable bonds is 1. The first-order valence-electron chi connectivity index (χ1n) is 4.03. The van der Waals surface area contributed by atoms with Gasteiger partial charge in [0.1, 0.15) is 0 Å². The van der Waals surface area contributed by atoms with E-state index in [0.717, 1.165) is 0 Å². The maximum absolute atomic E-state index is 11.4. The molecular weight excluding hydrogens is 184 g/mol. The summed E-state index contributed by atoms with van der Waals surface area (Å²) in [6.07, 6.45) is 0. The molecule has 0 saturated carbocycles. The third-order valence-electron chi connectivity index (χ3n) is 2.23. The fourth-order valence-corrected chi connectivity index (χ4v) is 1.57. The van der Waals surface area contributed by atoms with Crippen LogP contribution in [0.25, 0.3) is 0 Å². The SMILES string of the molecule is O=C(O)C1C(=O)c2ccccc2C1=O. The highest BCUT2D eigenvalue weighted by Crippen LogP contribution is 2.26. The second-order valence-corrected chi connectivity index (χ2v) is 3.05. The van der Waals surface area contributed by atoms with E-state index in [1.54, 1.807) is 12.1 Å². The molecule has 0 aromatic heterocycles. The van der Waals surface area contributed by atoms with Crippen LogP contribution in [0.5, 0.6) is 0 Å². The van der Waals surface area contributed by atoms with E-state index in [1.807, 2.05) is 0 Å². The molecule has 4 nitrogen and oxygen atoms in total. The highest BCUT2D eigenvalue weighted by Gasteiger charge is 2.43. The molecule has 1 aliphatic rings. The van der Waals surface area contributed by atoms with Gasteiger partial charge in [-0.25, -0.2) is 0 Å². The molecule has 0 bridgehead atoms. The Balaban J connectivity index is 2.59. The van der Waals surface area contributed by atoms with Gasteiger partial charge in [-0.1, -0.05) is 24.3 Å². The number of Topliss-reactive ketones (excluding diaryl/α,β-unsaturated/α-hetero) is 2. The van der Waals surface area contributed by atoms with Crippen LogP contribution in [-0.2, 0) is 4.79 Å². The van der Waals surface area contributed by atoms with Crippen molar-refractivity contribution in [3.05, 3.63) is 35.4 Å². The van der Waals surface area contributed by atoms with Crippen LogP contribution in [0.3, 0.4) is 0 Å². The number of hydrogen-bond acceptors (Lipinski definition) is 3. The zero-order valence-electron chi connectivity index (χ0n) is 7.06. The molecule has 1 aromatic carbocycles. The molecule has 2 rings (SSSR count).